The topological polar surface area (TPSA) is 41.1 Å². The van der Waals surface area contributed by atoms with Crippen LogP contribution in [0.2, 0.25) is 0 Å². The van der Waals surface area contributed by atoms with E-state index in [-0.39, 0.29) is 11.3 Å². The molecule has 0 heterocycles. The van der Waals surface area contributed by atoms with E-state index in [9.17, 15) is 4.79 Å². The van der Waals surface area contributed by atoms with Gasteiger partial charge >= 0.3 is 0 Å². The van der Waals surface area contributed by atoms with Crippen molar-refractivity contribution in [2.75, 3.05) is 20.1 Å². The van der Waals surface area contributed by atoms with Gasteiger partial charge in [-0.05, 0) is 26.3 Å². The number of hydrogen-bond acceptors (Lipinski definition) is 2. The van der Waals surface area contributed by atoms with E-state index in [1.54, 1.807) is 0 Å². The van der Waals surface area contributed by atoms with E-state index in [4.69, 9.17) is 0 Å². The Morgan fingerprint density at radius 1 is 1.46 bits per heavy atom. The maximum atomic E-state index is 11.7. The van der Waals surface area contributed by atoms with Gasteiger partial charge in [0.1, 0.15) is 0 Å². The van der Waals surface area contributed by atoms with Crippen molar-refractivity contribution in [1.82, 2.24) is 10.6 Å². The van der Waals surface area contributed by atoms with Crippen LogP contribution in [0.4, 0.5) is 0 Å². The van der Waals surface area contributed by atoms with E-state index < -0.39 is 0 Å². The van der Waals surface area contributed by atoms with E-state index in [2.05, 4.69) is 17.6 Å². The molecule has 1 aliphatic rings. The van der Waals surface area contributed by atoms with Crippen LogP contribution < -0.4 is 10.6 Å². The SMILES string of the molecule is CCCNC(=O)C1(CNC)CCC1. The highest BCUT2D eigenvalue weighted by Gasteiger charge is 2.42. The third kappa shape index (κ3) is 2.21. The average Bonchev–Trinajstić information content (AvgIpc) is 2.07. The summed E-state index contributed by atoms with van der Waals surface area (Å²) in [5.41, 5.74) is -0.0794. The molecule has 76 valence electrons. The van der Waals surface area contributed by atoms with Gasteiger partial charge in [-0.2, -0.15) is 0 Å². The molecule has 1 aliphatic carbocycles. The van der Waals surface area contributed by atoms with Gasteiger partial charge in [-0.15, -0.1) is 0 Å². The number of carbonyl (C=O) groups is 1. The van der Waals surface area contributed by atoms with E-state index in [1.165, 1.54) is 6.42 Å². The Hall–Kier alpha value is -0.570. The van der Waals surface area contributed by atoms with E-state index in [0.717, 1.165) is 32.4 Å². The first kappa shape index (κ1) is 10.5. The Labute approximate surface area is 80.3 Å². The normalized spacial score (nSPS) is 19.2. The van der Waals surface area contributed by atoms with Gasteiger partial charge in [-0.1, -0.05) is 13.3 Å². The lowest BCUT2D eigenvalue weighted by Gasteiger charge is -2.40. The summed E-state index contributed by atoms with van der Waals surface area (Å²) in [5.74, 6) is 0.245. The summed E-state index contributed by atoms with van der Waals surface area (Å²) in [6.07, 6.45) is 4.30. The Morgan fingerprint density at radius 2 is 2.15 bits per heavy atom. The van der Waals surface area contributed by atoms with Crippen molar-refractivity contribution in [1.29, 1.82) is 0 Å². The molecular formula is C10H20N2O. The molecule has 1 fully saturated rings. The third-order valence-corrected chi connectivity index (χ3v) is 2.84. The Bertz CT molecular complexity index is 176. The molecule has 0 aromatic heterocycles. The van der Waals surface area contributed by atoms with Crippen molar-refractivity contribution in [3.63, 3.8) is 0 Å². The van der Waals surface area contributed by atoms with Crippen LogP contribution in [0.1, 0.15) is 32.6 Å². The molecule has 0 unspecified atom stereocenters. The molecule has 0 radical (unpaired) electrons. The summed E-state index contributed by atoms with van der Waals surface area (Å²) in [6, 6.07) is 0. The molecule has 0 aromatic carbocycles. The zero-order valence-corrected chi connectivity index (χ0v) is 8.65. The van der Waals surface area contributed by atoms with Gasteiger partial charge in [0.25, 0.3) is 0 Å². The fourth-order valence-corrected chi connectivity index (χ4v) is 1.85. The fraction of sp³-hybridized carbons (Fsp3) is 0.900. The highest BCUT2D eigenvalue weighted by Crippen LogP contribution is 2.40. The summed E-state index contributed by atoms with van der Waals surface area (Å²) in [5, 5.41) is 6.09. The molecule has 2 N–H and O–H groups in total. The number of hydrogen-bond donors (Lipinski definition) is 2. The minimum absolute atomic E-state index is 0.0794. The second-order valence-corrected chi connectivity index (χ2v) is 3.92. The zero-order valence-electron chi connectivity index (χ0n) is 8.65. The van der Waals surface area contributed by atoms with Gasteiger partial charge in [-0.25, -0.2) is 0 Å². The lowest BCUT2D eigenvalue weighted by molar-refractivity contribution is -0.135. The molecule has 1 saturated carbocycles. The standard InChI is InChI=1S/C10H20N2O/c1-3-7-12-9(13)10(8-11-2)5-4-6-10/h11H,3-8H2,1-2H3,(H,12,13). The first-order valence-corrected chi connectivity index (χ1v) is 5.18. The number of amides is 1. The second kappa shape index (κ2) is 4.61. The van der Waals surface area contributed by atoms with Gasteiger partial charge < -0.3 is 10.6 Å². The van der Waals surface area contributed by atoms with Crippen LogP contribution in [-0.4, -0.2) is 26.0 Å². The highest BCUT2D eigenvalue weighted by molar-refractivity contribution is 5.83. The van der Waals surface area contributed by atoms with Crippen molar-refractivity contribution < 1.29 is 4.79 Å². The predicted octanol–water partition coefficient (Wildman–Crippen LogP) is 0.902. The molecule has 0 bridgehead atoms. The lowest BCUT2D eigenvalue weighted by Crippen LogP contribution is -2.51. The summed E-state index contributed by atoms with van der Waals surface area (Å²) >= 11 is 0. The van der Waals surface area contributed by atoms with Crippen LogP contribution in [0.15, 0.2) is 0 Å². The van der Waals surface area contributed by atoms with Crippen LogP contribution in [0, 0.1) is 5.41 Å². The maximum Gasteiger partial charge on any atom is 0.227 e. The van der Waals surface area contributed by atoms with Gasteiger partial charge in [0.2, 0.25) is 5.91 Å². The van der Waals surface area contributed by atoms with Crippen molar-refractivity contribution in [2.24, 2.45) is 5.41 Å². The van der Waals surface area contributed by atoms with E-state index >= 15 is 0 Å². The number of nitrogens with one attached hydrogen (secondary N) is 2. The molecule has 0 aromatic rings. The Kier molecular flexibility index (Phi) is 3.72. The number of rotatable bonds is 5. The molecule has 1 rings (SSSR count). The Balaban J connectivity index is 2.40. The molecule has 0 atom stereocenters. The summed E-state index contributed by atoms with van der Waals surface area (Å²) in [6.45, 7) is 3.71. The van der Waals surface area contributed by atoms with Gasteiger partial charge in [0.05, 0.1) is 5.41 Å². The smallest absolute Gasteiger partial charge is 0.227 e. The molecule has 0 saturated heterocycles. The quantitative estimate of drug-likeness (QED) is 0.666. The van der Waals surface area contributed by atoms with Crippen LogP contribution >= 0.6 is 0 Å². The van der Waals surface area contributed by atoms with Crippen LogP contribution in [0.5, 0.6) is 0 Å². The first-order chi connectivity index (χ1) is 6.25. The molecule has 0 spiro atoms. The highest BCUT2D eigenvalue weighted by atomic mass is 16.2. The van der Waals surface area contributed by atoms with Crippen molar-refractivity contribution >= 4 is 5.91 Å². The number of carbonyl (C=O) groups excluding carboxylic acids is 1. The molecule has 3 nitrogen and oxygen atoms in total. The minimum atomic E-state index is -0.0794. The molecule has 0 aliphatic heterocycles. The van der Waals surface area contributed by atoms with Crippen LogP contribution in [0.3, 0.4) is 0 Å². The van der Waals surface area contributed by atoms with E-state index in [0.29, 0.717) is 0 Å². The lowest BCUT2D eigenvalue weighted by atomic mass is 9.68. The van der Waals surface area contributed by atoms with Gasteiger partial charge in [0, 0.05) is 13.1 Å². The summed E-state index contributed by atoms with van der Waals surface area (Å²) < 4.78 is 0. The summed E-state index contributed by atoms with van der Waals surface area (Å²) in [4.78, 5) is 11.7. The average molecular weight is 184 g/mol. The maximum absolute atomic E-state index is 11.7. The van der Waals surface area contributed by atoms with Crippen LogP contribution in [-0.2, 0) is 4.79 Å². The van der Waals surface area contributed by atoms with E-state index in [1.807, 2.05) is 7.05 Å². The monoisotopic (exact) mass is 184 g/mol. The fourth-order valence-electron chi connectivity index (χ4n) is 1.85. The molecule has 3 heteroatoms. The minimum Gasteiger partial charge on any atom is -0.356 e. The largest absolute Gasteiger partial charge is 0.356 e. The Morgan fingerprint density at radius 3 is 2.54 bits per heavy atom. The zero-order chi connectivity index (χ0) is 9.73. The first-order valence-electron chi connectivity index (χ1n) is 5.18. The molecular weight excluding hydrogens is 164 g/mol. The summed E-state index contributed by atoms with van der Waals surface area (Å²) in [7, 11) is 1.91. The molecule has 13 heavy (non-hydrogen) atoms. The second-order valence-electron chi connectivity index (χ2n) is 3.92. The van der Waals surface area contributed by atoms with Gasteiger partial charge in [-0.3, -0.25) is 4.79 Å². The van der Waals surface area contributed by atoms with Crippen molar-refractivity contribution in [3.8, 4) is 0 Å². The molecule has 1 amide bonds. The predicted molar refractivity (Wildman–Crippen MR) is 53.5 cm³/mol. The van der Waals surface area contributed by atoms with Gasteiger partial charge in [0.15, 0.2) is 0 Å². The van der Waals surface area contributed by atoms with Crippen molar-refractivity contribution in [2.45, 2.75) is 32.6 Å². The van der Waals surface area contributed by atoms with Crippen LogP contribution in [0.25, 0.3) is 0 Å². The third-order valence-electron chi connectivity index (χ3n) is 2.84. The van der Waals surface area contributed by atoms with Crippen molar-refractivity contribution in [3.05, 3.63) is 0 Å².